The molecule has 0 aliphatic rings. The van der Waals surface area contributed by atoms with E-state index in [9.17, 15) is 0 Å². The third-order valence-electron chi connectivity index (χ3n) is 2.27. The van der Waals surface area contributed by atoms with Crippen LogP contribution >= 0.6 is 0 Å². The Morgan fingerprint density at radius 2 is 1.94 bits per heavy atom. The van der Waals surface area contributed by atoms with Crippen LogP contribution in [0.2, 0.25) is 0 Å². The Kier molecular flexibility index (Phi) is 2.63. The number of nitrogens with two attached hydrogens (primary N) is 2. The highest BCUT2D eigenvalue weighted by Crippen LogP contribution is 2.09. The standard InChI is InChI=1S/C9H13N7/c1-7-13-2-3-16(7)4-9(10,11)8-14-5-12-6-15-8/h2-3,5-6H,4,10-11H2,1H3. The molecular weight excluding hydrogens is 206 g/mol. The van der Waals surface area contributed by atoms with Gasteiger partial charge in [0.05, 0.1) is 6.54 Å². The number of hydrogen-bond acceptors (Lipinski definition) is 6. The minimum Gasteiger partial charge on any atom is -0.331 e. The molecule has 0 saturated carbocycles. The molecule has 0 saturated heterocycles. The molecule has 84 valence electrons. The van der Waals surface area contributed by atoms with E-state index in [1.54, 1.807) is 6.20 Å². The van der Waals surface area contributed by atoms with Gasteiger partial charge in [-0.15, -0.1) is 0 Å². The summed E-state index contributed by atoms with van der Waals surface area (Å²) in [5.41, 5.74) is 10.8. The second-order valence-corrected chi connectivity index (χ2v) is 3.60. The SMILES string of the molecule is Cc1nccn1CC(N)(N)c1ncncn1. The van der Waals surface area contributed by atoms with E-state index in [0.717, 1.165) is 5.82 Å². The van der Waals surface area contributed by atoms with E-state index < -0.39 is 5.66 Å². The van der Waals surface area contributed by atoms with Crippen LogP contribution in [0.25, 0.3) is 0 Å². The highest BCUT2D eigenvalue weighted by molar-refractivity contribution is 5.01. The smallest absolute Gasteiger partial charge is 0.168 e. The van der Waals surface area contributed by atoms with Gasteiger partial charge in [0.2, 0.25) is 0 Å². The monoisotopic (exact) mass is 219 g/mol. The summed E-state index contributed by atoms with van der Waals surface area (Å²) in [6, 6.07) is 0. The van der Waals surface area contributed by atoms with Crippen LogP contribution in [0.15, 0.2) is 25.0 Å². The van der Waals surface area contributed by atoms with Gasteiger partial charge in [0.25, 0.3) is 0 Å². The predicted molar refractivity (Wildman–Crippen MR) is 56.8 cm³/mol. The molecule has 4 N–H and O–H groups in total. The molecule has 0 aliphatic carbocycles. The molecule has 0 bridgehead atoms. The topological polar surface area (TPSA) is 109 Å². The normalized spacial score (nSPS) is 11.7. The van der Waals surface area contributed by atoms with E-state index >= 15 is 0 Å². The molecule has 7 heteroatoms. The molecule has 0 radical (unpaired) electrons. The molecular formula is C9H13N7. The van der Waals surface area contributed by atoms with Crippen LogP contribution in [0.1, 0.15) is 11.6 Å². The fourth-order valence-electron chi connectivity index (χ4n) is 1.40. The minimum atomic E-state index is -1.13. The van der Waals surface area contributed by atoms with Crippen molar-refractivity contribution < 1.29 is 0 Å². The number of nitrogens with zero attached hydrogens (tertiary/aromatic N) is 5. The molecule has 0 fully saturated rings. The fraction of sp³-hybridized carbons (Fsp3) is 0.333. The van der Waals surface area contributed by atoms with Gasteiger partial charge in [-0.05, 0) is 6.92 Å². The zero-order valence-corrected chi connectivity index (χ0v) is 8.91. The molecule has 2 rings (SSSR count). The summed E-state index contributed by atoms with van der Waals surface area (Å²) in [6.45, 7) is 2.24. The average Bonchev–Trinajstić information content (AvgIpc) is 2.65. The lowest BCUT2D eigenvalue weighted by Crippen LogP contribution is -2.51. The first kappa shape index (κ1) is 10.7. The van der Waals surface area contributed by atoms with Gasteiger partial charge in [0, 0.05) is 12.4 Å². The van der Waals surface area contributed by atoms with Crippen molar-refractivity contribution in [1.82, 2.24) is 24.5 Å². The molecule has 16 heavy (non-hydrogen) atoms. The van der Waals surface area contributed by atoms with Crippen LogP contribution in [0.3, 0.4) is 0 Å². The molecule has 2 aromatic heterocycles. The summed E-state index contributed by atoms with van der Waals surface area (Å²) in [5, 5.41) is 0. The summed E-state index contributed by atoms with van der Waals surface area (Å²) in [7, 11) is 0. The summed E-state index contributed by atoms with van der Waals surface area (Å²) in [5.74, 6) is 1.20. The van der Waals surface area contributed by atoms with Crippen LogP contribution in [-0.2, 0) is 12.2 Å². The molecule has 0 aromatic carbocycles. The highest BCUT2D eigenvalue weighted by atomic mass is 15.2. The Bertz CT molecular complexity index is 462. The summed E-state index contributed by atoms with van der Waals surface area (Å²) in [6.07, 6.45) is 6.25. The third kappa shape index (κ3) is 2.05. The van der Waals surface area contributed by atoms with Gasteiger partial charge in [-0.25, -0.2) is 19.9 Å². The van der Waals surface area contributed by atoms with Crippen molar-refractivity contribution in [2.75, 3.05) is 0 Å². The number of imidazole rings is 1. The zero-order valence-electron chi connectivity index (χ0n) is 8.91. The molecule has 7 nitrogen and oxygen atoms in total. The van der Waals surface area contributed by atoms with Crippen molar-refractivity contribution >= 4 is 0 Å². The Morgan fingerprint density at radius 1 is 1.25 bits per heavy atom. The first-order chi connectivity index (χ1) is 7.59. The van der Waals surface area contributed by atoms with Crippen molar-refractivity contribution in [1.29, 1.82) is 0 Å². The van der Waals surface area contributed by atoms with Gasteiger partial charge < -0.3 is 16.0 Å². The molecule has 0 aliphatic heterocycles. The van der Waals surface area contributed by atoms with E-state index in [1.165, 1.54) is 12.7 Å². The first-order valence-electron chi connectivity index (χ1n) is 4.77. The van der Waals surface area contributed by atoms with Crippen LogP contribution in [0, 0.1) is 6.92 Å². The summed E-state index contributed by atoms with van der Waals surface area (Å²) >= 11 is 0. The van der Waals surface area contributed by atoms with Crippen molar-refractivity contribution in [2.24, 2.45) is 11.5 Å². The van der Waals surface area contributed by atoms with Gasteiger partial charge in [-0.2, -0.15) is 0 Å². The second-order valence-electron chi connectivity index (χ2n) is 3.60. The predicted octanol–water partition coefficient (Wildman–Crippen LogP) is -0.853. The van der Waals surface area contributed by atoms with E-state index in [1.807, 2.05) is 17.7 Å². The van der Waals surface area contributed by atoms with Crippen LogP contribution < -0.4 is 11.5 Å². The van der Waals surface area contributed by atoms with Gasteiger partial charge in [-0.1, -0.05) is 0 Å². The van der Waals surface area contributed by atoms with Gasteiger partial charge >= 0.3 is 0 Å². The maximum Gasteiger partial charge on any atom is 0.168 e. The Hall–Kier alpha value is -1.86. The average molecular weight is 219 g/mol. The maximum absolute atomic E-state index is 5.97. The van der Waals surface area contributed by atoms with Gasteiger partial charge in [-0.3, -0.25) is 0 Å². The van der Waals surface area contributed by atoms with Gasteiger partial charge in [0.15, 0.2) is 5.82 Å². The lowest BCUT2D eigenvalue weighted by molar-refractivity contribution is 0.361. The molecule has 2 aromatic rings. The summed E-state index contributed by atoms with van der Waals surface area (Å²) in [4.78, 5) is 15.7. The zero-order chi connectivity index (χ0) is 11.6. The molecule has 2 heterocycles. The Balaban J connectivity index is 2.24. The van der Waals surface area contributed by atoms with Crippen molar-refractivity contribution in [3.8, 4) is 0 Å². The van der Waals surface area contributed by atoms with E-state index in [4.69, 9.17) is 11.5 Å². The van der Waals surface area contributed by atoms with Crippen LogP contribution in [-0.4, -0.2) is 24.5 Å². The Morgan fingerprint density at radius 3 is 2.50 bits per heavy atom. The largest absolute Gasteiger partial charge is 0.331 e. The van der Waals surface area contributed by atoms with E-state index in [2.05, 4.69) is 19.9 Å². The number of aryl methyl sites for hydroxylation is 1. The quantitative estimate of drug-likeness (QED) is 0.651. The lowest BCUT2D eigenvalue weighted by atomic mass is 10.2. The minimum absolute atomic E-state index is 0.357. The van der Waals surface area contributed by atoms with Crippen molar-refractivity contribution in [3.63, 3.8) is 0 Å². The van der Waals surface area contributed by atoms with Crippen molar-refractivity contribution in [2.45, 2.75) is 19.1 Å². The molecule has 0 spiro atoms. The fourth-order valence-corrected chi connectivity index (χ4v) is 1.40. The lowest BCUT2D eigenvalue weighted by Gasteiger charge is -2.23. The number of hydrogen-bond donors (Lipinski definition) is 2. The summed E-state index contributed by atoms with van der Waals surface area (Å²) < 4.78 is 1.85. The van der Waals surface area contributed by atoms with E-state index in [0.29, 0.717) is 12.4 Å². The molecule has 0 atom stereocenters. The van der Waals surface area contributed by atoms with Gasteiger partial charge in [0.1, 0.15) is 24.1 Å². The Labute approximate surface area is 92.6 Å². The van der Waals surface area contributed by atoms with E-state index in [-0.39, 0.29) is 0 Å². The van der Waals surface area contributed by atoms with Crippen molar-refractivity contribution in [3.05, 3.63) is 36.7 Å². The van der Waals surface area contributed by atoms with Crippen LogP contribution in [0.4, 0.5) is 0 Å². The first-order valence-corrected chi connectivity index (χ1v) is 4.77. The van der Waals surface area contributed by atoms with Crippen LogP contribution in [0.5, 0.6) is 0 Å². The third-order valence-corrected chi connectivity index (χ3v) is 2.27. The number of aromatic nitrogens is 5. The molecule has 0 unspecified atom stereocenters. The maximum atomic E-state index is 5.97. The number of rotatable bonds is 3. The second kappa shape index (κ2) is 3.95. The molecule has 0 amide bonds. The highest BCUT2D eigenvalue weighted by Gasteiger charge is 2.26.